The molecule has 31 heavy (non-hydrogen) atoms. The van der Waals surface area contributed by atoms with Crippen LogP contribution in [0.15, 0.2) is 40.6 Å². The third kappa shape index (κ3) is 5.09. The molecular formula is C21H25N5O4S. The Balaban J connectivity index is 1.30. The van der Waals surface area contributed by atoms with E-state index < -0.39 is 0 Å². The largest absolute Gasteiger partial charge is 0.497 e. The standard InChI is InChI=1S/C21H25N5O4S/c1-30-17-2-3-18-19(11-17)25(20(27)13-23-18)9-8-24-6-4-16(5-7-24)22-12-15-10-21(26(28)29)31-14-15/h2-3,10-11,13-14,16,22H,4-9,12H2,1H3. The van der Waals surface area contributed by atoms with Crippen molar-refractivity contribution in [2.45, 2.75) is 32.0 Å². The second-order valence-electron chi connectivity index (χ2n) is 7.65. The van der Waals surface area contributed by atoms with E-state index in [-0.39, 0.29) is 15.5 Å². The number of hydrogen-bond acceptors (Lipinski definition) is 8. The normalized spacial score (nSPS) is 15.4. The summed E-state index contributed by atoms with van der Waals surface area (Å²) in [5.74, 6) is 0.705. The number of methoxy groups -OCH3 is 1. The van der Waals surface area contributed by atoms with Crippen molar-refractivity contribution < 1.29 is 9.66 Å². The number of nitrogens with zero attached hydrogens (tertiary/aromatic N) is 4. The first kappa shape index (κ1) is 21.4. The van der Waals surface area contributed by atoms with Crippen molar-refractivity contribution in [2.75, 3.05) is 26.7 Å². The third-order valence-corrected chi connectivity index (χ3v) is 6.62. The molecule has 1 aromatic carbocycles. The van der Waals surface area contributed by atoms with Crippen molar-refractivity contribution in [1.82, 2.24) is 19.8 Å². The lowest BCUT2D eigenvalue weighted by atomic mass is 10.0. The number of nitro groups is 1. The number of likely N-dealkylation sites (tertiary alicyclic amines) is 1. The van der Waals surface area contributed by atoms with Gasteiger partial charge in [-0.3, -0.25) is 14.9 Å². The molecule has 1 aliphatic heterocycles. The zero-order chi connectivity index (χ0) is 21.8. The van der Waals surface area contributed by atoms with Crippen LogP contribution in [-0.4, -0.2) is 52.2 Å². The van der Waals surface area contributed by atoms with Gasteiger partial charge in [-0.05, 0) is 43.6 Å². The van der Waals surface area contributed by atoms with Crippen molar-refractivity contribution in [2.24, 2.45) is 0 Å². The lowest BCUT2D eigenvalue weighted by molar-refractivity contribution is -0.380. The van der Waals surface area contributed by atoms with E-state index in [2.05, 4.69) is 15.2 Å². The molecule has 164 valence electrons. The maximum absolute atomic E-state index is 12.4. The van der Waals surface area contributed by atoms with Crippen molar-refractivity contribution in [3.63, 3.8) is 0 Å². The fourth-order valence-corrected chi connectivity index (χ4v) is 4.64. The lowest BCUT2D eigenvalue weighted by Gasteiger charge is -2.32. The highest BCUT2D eigenvalue weighted by Crippen LogP contribution is 2.23. The minimum absolute atomic E-state index is 0.109. The Bertz CT molecular complexity index is 1120. The van der Waals surface area contributed by atoms with Gasteiger partial charge in [-0.1, -0.05) is 11.3 Å². The second-order valence-corrected chi connectivity index (χ2v) is 8.54. The summed E-state index contributed by atoms with van der Waals surface area (Å²) in [5.41, 5.74) is 2.41. The number of benzene rings is 1. The van der Waals surface area contributed by atoms with Crippen LogP contribution >= 0.6 is 11.3 Å². The van der Waals surface area contributed by atoms with Gasteiger partial charge in [-0.15, -0.1) is 0 Å². The maximum atomic E-state index is 12.4. The van der Waals surface area contributed by atoms with E-state index in [9.17, 15) is 14.9 Å². The number of piperidine rings is 1. The van der Waals surface area contributed by atoms with Crippen LogP contribution in [0.3, 0.4) is 0 Å². The highest BCUT2D eigenvalue weighted by atomic mass is 32.1. The van der Waals surface area contributed by atoms with E-state index in [1.807, 2.05) is 23.6 Å². The van der Waals surface area contributed by atoms with Crippen LogP contribution in [0.5, 0.6) is 5.75 Å². The van der Waals surface area contributed by atoms with Gasteiger partial charge >= 0.3 is 5.00 Å². The first-order valence-electron chi connectivity index (χ1n) is 10.2. The summed E-state index contributed by atoms with van der Waals surface area (Å²) in [6.07, 6.45) is 3.39. The molecule has 4 rings (SSSR count). The Hall–Kier alpha value is -2.82. The molecule has 1 aliphatic rings. The molecule has 0 amide bonds. The van der Waals surface area contributed by atoms with E-state index in [0.717, 1.165) is 49.1 Å². The Kier molecular flexibility index (Phi) is 6.59. The molecule has 9 nitrogen and oxygen atoms in total. The van der Waals surface area contributed by atoms with Crippen molar-refractivity contribution >= 4 is 27.4 Å². The number of rotatable bonds is 8. The van der Waals surface area contributed by atoms with Gasteiger partial charge in [0.15, 0.2) is 0 Å². The highest BCUT2D eigenvalue weighted by molar-refractivity contribution is 7.13. The fraction of sp³-hybridized carbons (Fsp3) is 0.429. The predicted octanol–water partition coefficient (Wildman–Crippen LogP) is 2.63. The number of fused-ring (bicyclic) bond motifs is 1. The molecule has 3 aromatic rings. The topological polar surface area (TPSA) is 103 Å². The van der Waals surface area contributed by atoms with Gasteiger partial charge in [0, 0.05) is 43.2 Å². The van der Waals surface area contributed by atoms with Crippen LogP contribution in [0.25, 0.3) is 11.0 Å². The van der Waals surface area contributed by atoms with Crippen LogP contribution < -0.4 is 15.6 Å². The quantitative estimate of drug-likeness (QED) is 0.422. The Morgan fingerprint density at radius 2 is 2.10 bits per heavy atom. The molecule has 1 saturated heterocycles. The molecule has 0 aliphatic carbocycles. The first-order chi connectivity index (χ1) is 15.0. The predicted molar refractivity (Wildman–Crippen MR) is 120 cm³/mol. The summed E-state index contributed by atoms with van der Waals surface area (Å²) in [6, 6.07) is 7.59. The Morgan fingerprint density at radius 3 is 2.81 bits per heavy atom. The van der Waals surface area contributed by atoms with Crippen LogP contribution in [0.2, 0.25) is 0 Å². The summed E-state index contributed by atoms with van der Waals surface area (Å²) in [5, 5.41) is 16.3. The van der Waals surface area contributed by atoms with Crippen LogP contribution in [0.4, 0.5) is 5.00 Å². The second kappa shape index (κ2) is 9.54. The zero-order valence-electron chi connectivity index (χ0n) is 17.3. The number of nitrogens with one attached hydrogen (secondary N) is 1. The fourth-order valence-electron chi connectivity index (χ4n) is 3.91. The van der Waals surface area contributed by atoms with Gasteiger partial charge < -0.3 is 19.5 Å². The summed E-state index contributed by atoms with van der Waals surface area (Å²) in [4.78, 5) is 29.5. The summed E-state index contributed by atoms with van der Waals surface area (Å²) >= 11 is 1.17. The van der Waals surface area contributed by atoms with Crippen LogP contribution in [0.1, 0.15) is 18.4 Å². The number of ether oxygens (including phenoxy) is 1. The molecule has 3 heterocycles. The number of aromatic nitrogens is 2. The molecule has 10 heteroatoms. The number of hydrogen-bond donors (Lipinski definition) is 1. The average Bonchev–Trinajstić information content (AvgIpc) is 3.27. The summed E-state index contributed by atoms with van der Waals surface area (Å²) in [7, 11) is 1.61. The molecule has 0 bridgehead atoms. The first-order valence-corrected chi connectivity index (χ1v) is 11.1. The SMILES string of the molecule is COc1ccc2ncc(=O)n(CCN3CCC(NCc4csc([N+](=O)[O-])c4)CC3)c2c1. The monoisotopic (exact) mass is 443 g/mol. The van der Waals surface area contributed by atoms with Gasteiger partial charge in [0.05, 0.1) is 29.3 Å². The lowest BCUT2D eigenvalue weighted by Crippen LogP contribution is -2.43. The van der Waals surface area contributed by atoms with Crippen LogP contribution in [0, 0.1) is 10.1 Å². The molecular weight excluding hydrogens is 418 g/mol. The van der Waals surface area contributed by atoms with Gasteiger partial charge in [0.1, 0.15) is 5.75 Å². The zero-order valence-corrected chi connectivity index (χ0v) is 18.1. The molecule has 0 atom stereocenters. The van der Waals surface area contributed by atoms with Gasteiger partial charge in [0.25, 0.3) is 5.56 Å². The molecule has 0 spiro atoms. The summed E-state index contributed by atoms with van der Waals surface area (Å²) < 4.78 is 7.06. The van der Waals surface area contributed by atoms with Gasteiger partial charge in [0.2, 0.25) is 0 Å². The maximum Gasteiger partial charge on any atom is 0.324 e. The minimum atomic E-state index is -0.347. The smallest absolute Gasteiger partial charge is 0.324 e. The Labute approximate surface area is 183 Å². The minimum Gasteiger partial charge on any atom is -0.497 e. The van der Waals surface area contributed by atoms with E-state index >= 15 is 0 Å². The van der Waals surface area contributed by atoms with Crippen LogP contribution in [-0.2, 0) is 13.1 Å². The molecule has 2 aromatic heterocycles. The van der Waals surface area contributed by atoms with E-state index in [0.29, 0.717) is 24.9 Å². The van der Waals surface area contributed by atoms with E-state index in [4.69, 9.17) is 4.74 Å². The molecule has 0 saturated carbocycles. The van der Waals surface area contributed by atoms with Crippen molar-refractivity contribution in [3.05, 3.63) is 61.9 Å². The average molecular weight is 444 g/mol. The number of thiophene rings is 1. The van der Waals surface area contributed by atoms with Crippen molar-refractivity contribution in [3.8, 4) is 5.75 Å². The van der Waals surface area contributed by atoms with Crippen molar-refractivity contribution in [1.29, 1.82) is 0 Å². The molecule has 1 fully saturated rings. The highest BCUT2D eigenvalue weighted by Gasteiger charge is 2.19. The molecule has 1 N–H and O–H groups in total. The third-order valence-electron chi connectivity index (χ3n) is 5.70. The molecule has 0 radical (unpaired) electrons. The van der Waals surface area contributed by atoms with E-state index in [1.54, 1.807) is 17.7 Å². The Morgan fingerprint density at radius 1 is 1.29 bits per heavy atom. The van der Waals surface area contributed by atoms with E-state index in [1.165, 1.54) is 17.5 Å². The summed E-state index contributed by atoms with van der Waals surface area (Å²) in [6.45, 7) is 3.93. The van der Waals surface area contributed by atoms with Gasteiger partial charge in [-0.25, -0.2) is 4.98 Å². The molecule has 0 unspecified atom stereocenters. The van der Waals surface area contributed by atoms with Gasteiger partial charge in [-0.2, -0.15) is 0 Å².